The smallest absolute Gasteiger partial charge is 0.343 e. The zero-order valence-electron chi connectivity index (χ0n) is 17.8. The van der Waals surface area contributed by atoms with E-state index in [0.29, 0.717) is 37.3 Å². The molecule has 1 aliphatic rings. The van der Waals surface area contributed by atoms with Gasteiger partial charge in [0.15, 0.2) is 23.3 Å². The first kappa shape index (κ1) is 24.3. The predicted octanol–water partition coefficient (Wildman–Crippen LogP) is 3.94. The van der Waals surface area contributed by atoms with Crippen LogP contribution in [0.4, 0.5) is 5.69 Å². The number of amides is 1. The summed E-state index contributed by atoms with van der Waals surface area (Å²) in [6, 6.07) is 9.47. The second-order valence-electron chi connectivity index (χ2n) is 6.62. The molecular formula is C22H19BrN2O7S. The number of carbonyl (C=O) groups is 3. The summed E-state index contributed by atoms with van der Waals surface area (Å²) in [7, 11) is 4.34. The fourth-order valence-electron chi connectivity index (χ4n) is 2.75. The van der Waals surface area contributed by atoms with Crippen molar-refractivity contribution in [3.8, 4) is 11.5 Å². The molecule has 0 aliphatic carbocycles. The maximum atomic E-state index is 12.7. The van der Waals surface area contributed by atoms with Gasteiger partial charge in [-0.15, -0.1) is 0 Å². The molecule has 1 aliphatic heterocycles. The average molecular weight is 535 g/mol. The number of benzene rings is 2. The topological polar surface area (TPSA) is 115 Å². The average Bonchev–Trinajstić information content (AvgIpc) is 3.05. The number of halogens is 1. The lowest BCUT2D eigenvalue weighted by molar-refractivity contribution is -0.143. The van der Waals surface area contributed by atoms with Crippen molar-refractivity contribution in [3.63, 3.8) is 0 Å². The highest BCUT2D eigenvalue weighted by Crippen LogP contribution is 2.39. The number of esters is 1. The Morgan fingerprint density at radius 2 is 1.91 bits per heavy atom. The van der Waals surface area contributed by atoms with Gasteiger partial charge in [-0.1, -0.05) is 0 Å². The van der Waals surface area contributed by atoms with Gasteiger partial charge < -0.3 is 19.3 Å². The van der Waals surface area contributed by atoms with Crippen LogP contribution in [-0.4, -0.2) is 60.9 Å². The number of carbonyl (C=O) groups excluding carboxylic acids is 2. The number of carboxylic acids is 1. The Kier molecular flexibility index (Phi) is 7.77. The highest BCUT2D eigenvalue weighted by atomic mass is 79.9. The monoisotopic (exact) mass is 534 g/mol. The Balaban J connectivity index is 1.85. The molecule has 0 radical (unpaired) electrons. The molecule has 1 fully saturated rings. The number of rotatable bonds is 7. The summed E-state index contributed by atoms with van der Waals surface area (Å²) >= 11 is 4.60. The van der Waals surface area contributed by atoms with Crippen LogP contribution < -0.4 is 9.47 Å². The Bertz CT molecular complexity index is 1160. The van der Waals surface area contributed by atoms with Crippen LogP contribution in [-0.2, 0) is 14.3 Å². The number of nitrogens with zero attached hydrogens (tertiary/aromatic N) is 2. The normalized spacial score (nSPS) is 15.8. The van der Waals surface area contributed by atoms with Crippen LogP contribution in [0.5, 0.6) is 11.5 Å². The Hall–Kier alpha value is -3.31. The van der Waals surface area contributed by atoms with Crippen LogP contribution in [0, 0.1) is 0 Å². The molecule has 172 valence electrons. The third-order valence-corrected chi connectivity index (χ3v) is 6.10. The van der Waals surface area contributed by atoms with Gasteiger partial charge in [-0.2, -0.15) is 0 Å². The van der Waals surface area contributed by atoms with E-state index in [1.54, 1.807) is 37.4 Å². The number of methoxy groups -OCH3 is 2. The lowest BCUT2D eigenvalue weighted by Gasteiger charge is -2.13. The molecule has 1 saturated heterocycles. The van der Waals surface area contributed by atoms with Crippen LogP contribution in [0.25, 0.3) is 6.08 Å². The standard InChI is InChI=1S/C22H19BrN2O7S/c1-25-20(27)17(33-22(25)24-14-6-4-13(5-7-14)21(28)29)10-12-8-15(23)19(16(9-12)30-2)32-11-18(26)31-3/h4-10H,11H2,1-3H3,(H,28,29)/b17-10-,24-22?. The molecule has 3 rings (SSSR count). The first-order chi connectivity index (χ1) is 15.7. The van der Waals surface area contributed by atoms with Crippen LogP contribution >= 0.6 is 27.7 Å². The summed E-state index contributed by atoms with van der Waals surface area (Å²) in [5.41, 5.74) is 1.35. The maximum Gasteiger partial charge on any atom is 0.343 e. The Labute approximate surface area is 202 Å². The van der Waals surface area contributed by atoms with E-state index < -0.39 is 11.9 Å². The number of aliphatic imine (C=N–C) groups is 1. The van der Waals surface area contributed by atoms with Crippen molar-refractivity contribution >= 4 is 62.5 Å². The Morgan fingerprint density at radius 3 is 2.52 bits per heavy atom. The predicted molar refractivity (Wildman–Crippen MR) is 127 cm³/mol. The van der Waals surface area contributed by atoms with Crippen molar-refractivity contribution in [1.29, 1.82) is 0 Å². The molecule has 33 heavy (non-hydrogen) atoms. The van der Waals surface area contributed by atoms with Gasteiger partial charge in [0.2, 0.25) is 0 Å². The van der Waals surface area contributed by atoms with E-state index >= 15 is 0 Å². The SMILES string of the molecule is COC(=O)COc1c(Br)cc(/C=C2\SC(=Nc3ccc(C(=O)O)cc3)N(C)C2=O)cc1OC. The second-order valence-corrected chi connectivity index (χ2v) is 8.48. The molecule has 0 aromatic heterocycles. The number of ether oxygens (including phenoxy) is 3. The molecule has 1 N–H and O–H groups in total. The third kappa shape index (κ3) is 5.74. The van der Waals surface area contributed by atoms with Gasteiger partial charge in [0.1, 0.15) is 0 Å². The summed E-state index contributed by atoms with van der Waals surface area (Å²) in [6.45, 7) is -0.279. The molecule has 0 spiro atoms. The lowest BCUT2D eigenvalue weighted by atomic mass is 10.2. The second kappa shape index (κ2) is 10.5. The summed E-state index contributed by atoms with van der Waals surface area (Å²) in [6.07, 6.45) is 1.69. The lowest BCUT2D eigenvalue weighted by Crippen LogP contribution is -2.23. The van der Waals surface area contributed by atoms with Crippen LogP contribution in [0.15, 0.2) is 50.8 Å². The highest BCUT2D eigenvalue weighted by Gasteiger charge is 2.30. The van der Waals surface area contributed by atoms with Gasteiger partial charge in [-0.3, -0.25) is 9.69 Å². The van der Waals surface area contributed by atoms with Gasteiger partial charge in [-0.05, 0) is 75.7 Å². The molecule has 0 atom stereocenters. The number of hydrogen-bond acceptors (Lipinski definition) is 8. The molecule has 0 bridgehead atoms. The van der Waals surface area contributed by atoms with E-state index in [1.807, 2.05) is 0 Å². The molecule has 2 aromatic rings. The highest BCUT2D eigenvalue weighted by molar-refractivity contribution is 9.10. The summed E-state index contributed by atoms with van der Waals surface area (Å²) in [4.78, 5) is 41.4. The van der Waals surface area contributed by atoms with Crippen molar-refractivity contribution < 1.29 is 33.7 Å². The summed E-state index contributed by atoms with van der Waals surface area (Å²) in [5, 5.41) is 9.47. The van der Waals surface area contributed by atoms with E-state index in [2.05, 4.69) is 25.7 Å². The fraction of sp³-hybridized carbons (Fsp3) is 0.182. The van der Waals surface area contributed by atoms with Crippen molar-refractivity contribution in [2.45, 2.75) is 0 Å². The largest absolute Gasteiger partial charge is 0.493 e. The molecule has 0 saturated carbocycles. The van der Waals surface area contributed by atoms with Crippen molar-refractivity contribution in [3.05, 3.63) is 56.9 Å². The molecule has 9 nitrogen and oxygen atoms in total. The first-order valence-corrected chi connectivity index (χ1v) is 11.0. The van der Waals surface area contributed by atoms with Crippen molar-refractivity contribution in [1.82, 2.24) is 4.90 Å². The van der Waals surface area contributed by atoms with Gasteiger partial charge in [0.25, 0.3) is 5.91 Å². The first-order valence-electron chi connectivity index (χ1n) is 9.40. The fourth-order valence-corrected chi connectivity index (χ4v) is 4.31. The minimum absolute atomic E-state index is 0.154. The number of carboxylic acid groups (broad SMARTS) is 1. The van der Waals surface area contributed by atoms with Crippen LogP contribution in [0.2, 0.25) is 0 Å². The number of thioether (sulfide) groups is 1. The van der Waals surface area contributed by atoms with Crippen LogP contribution in [0.3, 0.4) is 0 Å². The van der Waals surface area contributed by atoms with Gasteiger partial charge >= 0.3 is 11.9 Å². The van der Waals surface area contributed by atoms with E-state index in [1.165, 1.54) is 43.0 Å². The van der Waals surface area contributed by atoms with Gasteiger partial charge in [0.05, 0.1) is 34.8 Å². The minimum Gasteiger partial charge on any atom is -0.493 e. The van der Waals surface area contributed by atoms with Gasteiger partial charge in [-0.25, -0.2) is 14.6 Å². The zero-order chi connectivity index (χ0) is 24.1. The molecule has 1 amide bonds. The number of hydrogen-bond donors (Lipinski definition) is 1. The number of likely N-dealkylation sites (N-methyl/N-ethyl adjacent to an activating group) is 1. The van der Waals surface area contributed by atoms with E-state index in [0.717, 1.165) is 0 Å². The molecule has 0 unspecified atom stereocenters. The van der Waals surface area contributed by atoms with Gasteiger partial charge in [0, 0.05) is 7.05 Å². The van der Waals surface area contributed by atoms with E-state index in [4.69, 9.17) is 14.6 Å². The Morgan fingerprint density at radius 1 is 1.21 bits per heavy atom. The van der Waals surface area contributed by atoms with Crippen molar-refractivity contribution in [2.24, 2.45) is 4.99 Å². The number of amidine groups is 1. The zero-order valence-corrected chi connectivity index (χ0v) is 20.2. The van der Waals surface area contributed by atoms with Crippen LogP contribution in [0.1, 0.15) is 15.9 Å². The molecular weight excluding hydrogens is 516 g/mol. The quantitative estimate of drug-likeness (QED) is 0.419. The van der Waals surface area contributed by atoms with E-state index in [9.17, 15) is 14.4 Å². The number of aromatic carboxylic acids is 1. The molecule has 2 aromatic carbocycles. The summed E-state index contributed by atoms with van der Waals surface area (Å²) in [5.74, 6) is -1.08. The minimum atomic E-state index is -1.02. The van der Waals surface area contributed by atoms with E-state index in [-0.39, 0.29) is 18.1 Å². The third-order valence-electron chi connectivity index (χ3n) is 4.45. The maximum absolute atomic E-state index is 12.7. The van der Waals surface area contributed by atoms with Crippen molar-refractivity contribution in [2.75, 3.05) is 27.9 Å². The summed E-state index contributed by atoms with van der Waals surface area (Å²) < 4.78 is 16.0. The molecule has 11 heteroatoms. The molecule has 1 heterocycles.